The summed E-state index contributed by atoms with van der Waals surface area (Å²) in [5.41, 5.74) is 0. The lowest BCUT2D eigenvalue weighted by atomic mass is 10.00. The van der Waals surface area contributed by atoms with Crippen molar-refractivity contribution in [1.29, 1.82) is 0 Å². The van der Waals surface area contributed by atoms with Crippen LogP contribution in [-0.4, -0.2) is 12.6 Å². The Kier molecular flexibility index (Phi) is 5.45. The molecule has 0 amide bonds. The Hall–Kier alpha value is -0.0400. The summed E-state index contributed by atoms with van der Waals surface area (Å²) in [6.07, 6.45) is 10.1. The van der Waals surface area contributed by atoms with Crippen LogP contribution < -0.4 is 5.32 Å². The van der Waals surface area contributed by atoms with Gasteiger partial charge in [-0.05, 0) is 38.6 Å². The van der Waals surface area contributed by atoms with Crippen molar-refractivity contribution in [3.05, 3.63) is 0 Å². The summed E-state index contributed by atoms with van der Waals surface area (Å²) in [6.45, 7) is 5.80. The van der Waals surface area contributed by atoms with E-state index >= 15 is 0 Å². The van der Waals surface area contributed by atoms with Crippen LogP contribution in [-0.2, 0) is 0 Å². The summed E-state index contributed by atoms with van der Waals surface area (Å²) < 4.78 is 0. The fourth-order valence-electron chi connectivity index (χ4n) is 2.08. The molecule has 0 aromatic rings. The average molecular weight is 183 g/mol. The second-order valence-electron chi connectivity index (χ2n) is 4.58. The van der Waals surface area contributed by atoms with E-state index in [1.165, 1.54) is 51.5 Å². The SMILES string of the molecule is CCC(C)NCC1CCCCCC1. The van der Waals surface area contributed by atoms with Crippen molar-refractivity contribution in [3.63, 3.8) is 0 Å². The Balaban J connectivity index is 2.11. The van der Waals surface area contributed by atoms with Gasteiger partial charge in [0.25, 0.3) is 0 Å². The van der Waals surface area contributed by atoms with Gasteiger partial charge in [-0.3, -0.25) is 0 Å². The molecule has 0 aromatic carbocycles. The maximum absolute atomic E-state index is 3.63. The lowest BCUT2D eigenvalue weighted by molar-refractivity contribution is 0.395. The van der Waals surface area contributed by atoms with Crippen LogP contribution >= 0.6 is 0 Å². The highest BCUT2D eigenvalue weighted by Crippen LogP contribution is 2.22. The zero-order chi connectivity index (χ0) is 9.52. The van der Waals surface area contributed by atoms with Gasteiger partial charge in [-0.2, -0.15) is 0 Å². The minimum absolute atomic E-state index is 0.711. The number of hydrogen-bond donors (Lipinski definition) is 1. The normalized spacial score (nSPS) is 22.6. The molecule has 0 aromatic heterocycles. The maximum atomic E-state index is 3.63. The van der Waals surface area contributed by atoms with Crippen LogP contribution in [0, 0.1) is 5.92 Å². The van der Waals surface area contributed by atoms with E-state index in [9.17, 15) is 0 Å². The van der Waals surface area contributed by atoms with Crippen molar-refractivity contribution in [2.45, 2.75) is 64.8 Å². The van der Waals surface area contributed by atoms with Gasteiger partial charge < -0.3 is 5.32 Å². The third kappa shape index (κ3) is 4.66. The van der Waals surface area contributed by atoms with Crippen molar-refractivity contribution >= 4 is 0 Å². The summed E-state index contributed by atoms with van der Waals surface area (Å²) in [6, 6.07) is 0.711. The molecule has 0 aliphatic heterocycles. The van der Waals surface area contributed by atoms with Crippen LogP contribution in [0.5, 0.6) is 0 Å². The average Bonchev–Trinajstić information content (AvgIpc) is 2.42. The number of hydrogen-bond acceptors (Lipinski definition) is 1. The smallest absolute Gasteiger partial charge is 0.00362 e. The molecular formula is C12H25N. The molecule has 1 nitrogen and oxygen atoms in total. The van der Waals surface area contributed by atoms with Gasteiger partial charge in [-0.15, -0.1) is 0 Å². The lowest BCUT2D eigenvalue weighted by Crippen LogP contribution is -2.30. The van der Waals surface area contributed by atoms with Crippen molar-refractivity contribution in [2.24, 2.45) is 5.92 Å². The minimum Gasteiger partial charge on any atom is -0.314 e. The zero-order valence-corrected chi connectivity index (χ0v) is 9.31. The van der Waals surface area contributed by atoms with E-state index in [-0.39, 0.29) is 0 Å². The van der Waals surface area contributed by atoms with Gasteiger partial charge in [0.15, 0.2) is 0 Å². The molecule has 1 aliphatic carbocycles. The fourth-order valence-corrected chi connectivity index (χ4v) is 2.08. The van der Waals surface area contributed by atoms with Gasteiger partial charge in [-0.25, -0.2) is 0 Å². The molecule has 1 aliphatic rings. The quantitative estimate of drug-likeness (QED) is 0.659. The second-order valence-corrected chi connectivity index (χ2v) is 4.58. The first-order valence-electron chi connectivity index (χ1n) is 6.06. The summed E-state index contributed by atoms with van der Waals surface area (Å²) in [5, 5.41) is 3.63. The summed E-state index contributed by atoms with van der Waals surface area (Å²) in [4.78, 5) is 0. The van der Waals surface area contributed by atoms with Crippen LogP contribution in [0.3, 0.4) is 0 Å². The summed E-state index contributed by atoms with van der Waals surface area (Å²) >= 11 is 0. The number of rotatable bonds is 4. The Labute approximate surface area is 83.3 Å². The Morgan fingerprint density at radius 3 is 2.31 bits per heavy atom. The van der Waals surface area contributed by atoms with E-state index in [4.69, 9.17) is 0 Å². The zero-order valence-electron chi connectivity index (χ0n) is 9.31. The van der Waals surface area contributed by atoms with Gasteiger partial charge in [0.2, 0.25) is 0 Å². The third-order valence-corrected chi connectivity index (χ3v) is 3.34. The molecule has 0 heterocycles. The summed E-state index contributed by atoms with van der Waals surface area (Å²) in [7, 11) is 0. The molecule has 1 atom stereocenters. The van der Waals surface area contributed by atoms with E-state index in [0.29, 0.717) is 6.04 Å². The van der Waals surface area contributed by atoms with Gasteiger partial charge >= 0.3 is 0 Å². The molecule has 1 fully saturated rings. The molecule has 1 unspecified atom stereocenters. The highest BCUT2D eigenvalue weighted by Gasteiger charge is 2.12. The van der Waals surface area contributed by atoms with Crippen LogP contribution in [0.1, 0.15) is 58.8 Å². The van der Waals surface area contributed by atoms with Gasteiger partial charge in [0.05, 0.1) is 0 Å². The Morgan fingerprint density at radius 1 is 1.15 bits per heavy atom. The Bertz CT molecular complexity index is 114. The van der Waals surface area contributed by atoms with E-state index in [2.05, 4.69) is 19.2 Å². The monoisotopic (exact) mass is 183 g/mol. The molecule has 13 heavy (non-hydrogen) atoms. The topological polar surface area (TPSA) is 12.0 Å². The first-order chi connectivity index (χ1) is 6.33. The maximum Gasteiger partial charge on any atom is 0.00362 e. The largest absolute Gasteiger partial charge is 0.314 e. The van der Waals surface area contributed by atoms with Crippen LogP contribution in [0.25, 0.3) is 0 Å². The van der Waals surface area contributed by atoms with Crippen LogP contribution in [0.4, 0.5) is 0 Å². The minimum atomic E-state index is 0.711. The van der Waals surface area contributed by atoms with Gasteiger partial charge in [0, 0.05) is 6.04 Å². The van der Waals surface area contributed by atoms with Crippen molar-refractivity contribution in [3.8, 4) is 0 Å². The van der Waals surface area contributed by atoms with Gasteiger partial charge in [0.1, 0.15) is 0 Å². The predicted molar refractivity (Wildman–Crippen MR) is 58.9 cm³/mol. The molecule has 78 valence electrons. The Morgan fingerprint density at radius 2 is 1.77 bits per heavy atom. The highest BCUT2D eigenvalue weighted by atomic mass is 14.9. The molecular weight excluding hydrogens is 158 g/mol. The second kappa shape index (κ2) is 6.42. The summed E-state index contributed by atoms with van der Waals surface area (Å²) in [5.74, 6) is 0.969. The fraction of sp³-hybridized carbons (Fsp3) is 1.00. The molecule has 1 heteroatoms. The molecule has 0 bridgehead atoms. The number of nitrogens with one attached hydrogen (secondary N) is 1. The predicted octanol–water partition coefficient (Wildman–Crippen LogP) is 3.34. The van der Waals surface area contributed by atoms with E-state index in [1.54, 1.807) is 0 Å². The molecule has 0 radical (unpaired) electrons. The van der Waals surface area contributed by atoms with Gasteiger partial charge in [-0.1, -0.05) is 32.6 Å². The van der Waals surface area contributed by atoms with E-state index in [0.717, 1.165) is 5.92 Å². The van der Waals surface area contributed by atoms with Crippen LogP contribution in [0.2, 0.25) is 0 Å². The van der Waals surface area contributed by atoms with Crippen molar-refractivity contribution in [2.75, 3.05) is 6.54 Å². The van der Waals surface area contributed by atoms with Crippen molar-refractivity contribution < 1.29 is 0 Å². The van der Waals surface area contributed by atoms with E-state index in [1.807, 2.05) is 0 Å². The lowest BCUT2D eigenvalue weighted by Gasteiger charge is -2.18. The highest BCUT2D eigenvalue weighted by molar-refractivity contribution is 4.68. The van der Waals surface area contributed by atoms with Crippen LogP contribution in [0.15, 0.2) is 0 Å². The molecule has 0 spiro atoms. The van der Waals surface area contributed by atoms with Crippen molar-refractivity contribution in [1.82, 2.24) is 5.32 Å². The molecule has 1 rings (SSSR count). The molecule has 1 saturated carbocycles. The van der Waals surface area contributed by atoms with E-state index < -0.39 is 0 Å². The standard InChI is InChI=1S/C12H25N/c1-3-11(2)13-10-12-8-6-4-5-7-9-12/h11-13H,3-10H2,1-2H3. The first kappa shape index (κ1) is 11.0. The molecule has 0 saturated heterocycles. The first-order valence-corrected chi connectivity index (χ1v) is 6.06. The third-order valence-electron chi connectivity index (χ3n) is 3.34. The molecule has 1 N–H and O–H groups in total.